The van der Waals surface area contributed by atoms with Crippen molar-refractivity contribution in [3.8, 4) is 5.75 Å². The van der Waals surface area contributed by atoms with Gasteiger partial charge in [-0.15, -0.1) is 0 Å². The van der Waals surface area contributed by atoms with E-state index < -0.39 is 5.82 Å². The lowest BCUT2D eigenvalue weighted by molar-refractivity contribution is 0.306. The van der Waals surface area contributed by atoms with Gasteiger partial charge < -0.3 is 10.5 Å². The molecule has 0 saturated carbocycles. The molecule has 0 aliphatic carbocycles. The molecule has 94 valence electrons. The van der Waals surface area contributed by atoms with Crippen LogP contribution in [0.1, 0.15) is 5.56 Å². The van der Waals surface area contributed by atoms with Gasteiger partial charge in [0, 0.05) is 5.69 Å². The molecule has 2 nitrogen and oxygen atoms in total. The van der Waals surface area contributed by atoms with Gasteiger partial charge in [0.15, 0.2) is 0 Å². The van der Waals surface area contributed by atoms with Crippen LogP contribution in [0.2, 0.25) is 10.0 Å². The molecular formula is C13H10Cl2FNO. The van der Waals surface area contributed by atoms with Gasteiger partial charge in [-0.1, -0.05) is 29.3 Å². The lowest BCUT2D eigenvalue weighted by Gasteiger charge is -2.09. The average molecular weight is 286 g/mol. The zero-order chi connectivity index (χ0) is 13.1. The molecule has 0 bridgehead atoms. The second-order valence-corrected chi connectivity index (χ2v) is 4.54. The zero-order valence-corrected chi connectivity index (χ0v) is 10.8. The summed E-state index contributed by atoms with van der Waals surface area (Å²) in [4.78, 5) is 0. The third-order valence-corrected chi connectivity index (χ3v) is 2.94. The summed E-state index contributed by atoms with van der Waals surface area (Å²) in [7, 11) is 0. The van der Waals surface area contributed by atoms with Crippen molar-refractivity contribution in [3.63, 3.8) is 0 Å². The highest BCUT2D eigenvalue weighted by Crippen LogP contribution is 2.27. The van der Waals surface area contributed by atoms with Gasteiger partial charge in [0.2, 0.25) is 0 Å². The lowest BCUT2D eigenvalue weighted by Crippen LogP contribution is -1.97. The number of benzene rings is 2. The summed E-state index contributed by atoms with van der Waals surface area (Å²) < 4.78 is 18.7. The first-order chi connectivity index (χ1) is 8.56. The monoisotopic (exact) mass is 285 g/mol. The maximum absolute atomic E-state index is 13.2. The molecule has 0 amide bonds. The van der Waals surface area contributed by atoms with Gasteiger partial charge in [-0.05, 0) is 35.9 Å². The van der Waals surface area contributed by atoms with Crippen molar-refractivity contribution in [1.82, 2.24) is 0 Å². The number of halogens is 3. The maximum Gasteiger partial charge on any atom is 0.142 e. The maximum atomic E-state index is 13.2. The first-order valence-corrected chi connectivity index (χ1v) is 5.93. The molecule has 18 heavy (non-hydrogen) atoms. The Hall–Kier alpha value is -1.45. The topological polar surface area (TPSA) is 35.2 Å². The number of rotatable bonds is 3. The standard InChI is InChI=1S/C13H10Cl2FNO/c14-10-3-1-8(5-12(10)16)7-18-13-4-2-9(17)6-11(13)15/h1-6H,7,17H2. The summed E-state index contributed by atoms with van der Waals surface area (Å²) in [6, 6.07) is 9.46. The molecule has 0 radical (unpaired) electrons. The fourth-order valence-corrected chi connectivity index (χ4v) is 1.79. The van der Waals surface area contributed by atoms with Crippen LogP contribution in [0.5, 0.6) is 5.75 Å². The summed E-state index contributed by atoms with van der Waals surface area (Å²) in [5, 5.41) is 0.508. The minimum absolute atomic E-state index is 0.0873. The normalized spacial score (nSPS) is 10.4. The van der Waals surface area contributed by atoms with Crippen molar-refractivity contribution in [3.05, 3.63) is 57.8 Å². The van der Waals surface area contributed by atoms with Crippen LogP contribution in [0.3, 0.4) is 0 Å². The summed E-state index contributed by atoms with van der Waals surface area (Å²) in [6.07, 6.45) is 0. The Balaban J connectivity index is 2.09. The van der Waals surface area contributed by atoms with E-state index in [4.69, 9.17) is 33.7 Å². The molecule has 2 rings (SSSR count). The Kier molecular flexibility index (Phi) is 3.94. The molecule has 2 aromatic rings. The molecule has 2 N–H and O–H groups in total. The van der Waals surface area contributed by atoms with Crippen molar-refractivity contribution in [1.29, 1.82) is 0 Å². The minimum atomic E-state index is -0.471. The molecule has 5 heteroatoms. The largest absolute Gasteiger partial charge is 0.487 e. The molecular weight excluding hydrogens is 276 g/mol. The van der Waals surface area contributed by atoms with E-state index in [1.807, 2.05) is 0 Å². The van der Waals surface area contributed by atoms with Crippen LogP contribution in [0.25, 0.3) is 0 Å². The number of ether oxygens (including phenoxy) is 1. The fourth-order valence-electron chi connectivity index (χ4n) is 1.42. The minimum Gasteiger partial charge on any atom is -0.487 e. The quantitative estimate of drug-likeness (QED) is 0.854. The summed E-state index contributed by atoms with van der Waals surface area (Å²) in [6.45, 7) is 0.206. The summed E-state index contributed by atoms with van der Waals surface area (Å²) >= 11 is 11.5. The molecule has 0 spiro atoms. The fraction of sp³-hybridized carbons (Fsp3) is 0.0769. The molecule has 0 heterocycles. The van der Waals surface area contributed by atoms with Gasteiger partial charge in [-0.3, -0.25) is 0 Å². The van der Waals surface area contributed by atoms with Gasteiger partial charge in [-0.2, -0.15) is 0 Å². The lowest BCUT2D eigenvalue weighted by atomic mass is 10.2. The zero-order valence-electron chi connectivity index (χ0n) is 9.29. The van der Waals surface area contributed by atoms with E-state index in [1.165, 1.54) is 12.1 Å². The van der Waals surface area contributed by atoms with Crippen LogP contribution in [0.15, 0.2) is 36.4 Å². The van der Waals surface area contributed by atoms with Crippen LogP contribution < -0.4 is 10.5 Å². The highest BCUT2D eigenvalue weighted by atomic mass is 35.5. The first kappa shape index (κ1) is 13.0. The molecule has 0 atom stereocenters. The van der Waals surface area contributed by atoms with Crippen molar-refractivity contribution in [2.24, 2.45) is 0 Å². The Morgan fingerprint density at radius 3 is 2.50 bits per heavy atom. The Morgan fingerprint density at radius 1 is 1.06 bits per heavy atom. The van der Waals surface area contributed by atoms with Crippen LogP contribution >= 0.6 is 23.2 Å². The SMILES string of the molecule is Nc1ccc(OCc2ccc(Cl)c(F)c2)c(Cl)c1. The van der Waals surface area contributed by atoms with Crippen molar-refractivity contribution in [2.75, 3.05) is 5.73 Å². The van der Waals surface area contributed by atoms with Crippen LogP contribution in [0, 0.1) is 5.82 Å². The number of nitrogen functional groups attached to an aromatic ring is 1. The Morgan fingerprint density at radius 2 is 1.83 bits per heavy atom. The van der Waals surface area contributed by atoms with Gasteiger partial charge in [-0.25, -0.2) is 4.39 Å². The third-order valence-electron chi connectivity index (χ3n) is 2.33. The first-order valence-electron chi connectivity index (χ1n) is 5.18. The second kappa shape index (κ2) is 5.46. The number of hydrogen-bond acceptors (Lipinski definition) is 2. The molecule has 0 aliphatic rings. The van der Waals surface area contributed by atoms with Crippen molar-refractivity contribution >= 4 is 28.9 Å². The van der Waals surface area contributed by atoms with Gasteiger partial charge in [0.05, 0.1) is 10.0 Å². The Bertz CT molecular complexity index is 575. The van der Waals surface area contributed by atoms with Crippen molar-refractivity contribution in [2.45, 2.75) is 6.61 Å². The van der Waals surface area contributed by atoms with E-state index >= 15 is 0 Å². The third kappa shape index (κ3) is 3.06. The van der Waals surface area contributed by atoms with E-state index in [0.29, 0.717) is 22.0 Å². The van der Waals surface area contributed by atoms with E-state index in [9.17, 15) is 4.39 Å². The van der Waals surface area contributed by atoms with Crippen molar-refractivity contribution < 1.29 is 9.13 Å². The van der Waals surface area contributed by atoms with E-state index in [-0.39, 0.29) is 11.6 Å². The molecule has 0 aliphatic heterocycles. The number of anilines is 1. The van der Waals surface area contributed by atoms with E-state index in [2.05, 4.69) is 0 Å². The summed E-state index contributed by atoms with van der Waals surface area (Å²) in [5.41, 5.74) is 6.80. The number of hydrogen-bond donors (Lipinski definition) is 1. The van der Waals surface area contributed by atoms with E-state index in [1.54, 1.807) is 24.3 Å². The predicted molar refractivity (Wildman–Crippen MR) is 71.6 cm³/mol. The van der Waals surface area contributed by atoms with Gasteiger partial charge >= 0.3 is 0 Å². The highest BCUT2D eigenvalue weighted by Gasteiger charge is 2.04. The van der Waals surface area contributed by atoms with Crippen LogP contribution in [0.4, 0.5) is 10.1 Å². The second-order valence-electron chi connectivity index (χ2n) is 3.73. The van der Waals surface area contributed by atoms with Gasteiger partial charge in [0.25, 0.3) is 0 Å². The van der Waals surface area contributed by atoms with E-state index in [0.717, 1.165) is 0 Å². The van der Waals surface area contributed by atoms with Crippen LogP contribution in [-0.4, -0.2) is 0 Å². The molecule has 0 saturated heterocycles. The van der Waals surface area contributed by atoms with Crippen LogP contribution in [-0.2, 0) is 6.61 Å². The average Bonchev–Trinajstić information content (AvgIpc) is 2.32. The highest BCUT2D eigenvalue weighted by molar-refractivity contribution is 6.32. The molecule has 0 unspecified atom stereocenters. The number of nitrogens with two attached hydrogens (primary N) is 1. The van der Waals surface area contributed by atoms with Gasteiger partial charge in [0.1, 0.15) is 18.2 Å². The molecule has 2 aromatic carbocycles. The molecule has 0 aromatic heterocycles. The Labute approximate surface area is 114 Å². The molecule has 0 fully saturated rings. The predicted octanol–water partition coefficient (Wildman–Crippen LogP) is 4.29. The smallest absolute Gasteiger partial charge is 0.142 e. The summed E-state index contributed by atoms with van der Waals surface area (Å²) in [5.74, 6) is 0.0300.